The van der Waals surface area contributed by atoms with Gasteiger partial charge < -0.3 is 5.11 Å². The van der Waals surface area contributed by atoms with Gasteiger partial charge in [0.1, 0.15) is 4.90 Å². The Morgan fingerprint density at radius 1 is 1.38 bits per heavy atom. The molecule has 0 spiro atoms. The maximum Gasteiger partial charge on any atom is 0.305 e. The van der Waals surface area contributed by atoms with Gasteiger partial charge in [-0.1, -0.05) is 18.2 Å². The van der Waals surface area contributed by atoms with Crippen LogP contribution >= 0.6 is 0 Å². The molecule has 1 aromatic carbocycles. The Morgan fingerprint density at radius 2 is 2.10 bits per heavy atom. The summed E-state index contributed by atoms with van der Waals surface area (Å²) in [5, 5.41) is 14.9. The third kappa shape index (κ3) is 3.22. The van der Waals surface area contributed by atoms with Gasteiger partial charge in [0.05, 0.1) is 18.3 Å². The molecule has 112 valence electrons. The Labute approximate surface area is 122 Å². The first-order chi connectivity index (χ1) is 9.93. The maximum absolute atomic E-state index is 12.6. The van der Waals surface area contributed by atoms with Gasteiger partial charge in [-0.25, -0.2) is 8.42 Å². The molecule has 0 fully saturated rings. The van der Waals surface area contributed by atoms with Crippen LogP contribution in [-0.2, 0) is 14.8 Å². The Balaban J connectivity index is 2.47. The molecule has 0 radical (unpaired) electrons. The number of aromatic amines is 1. The molecule has 2 rings (SSSR count). The number of aryl methyl sites for hydroxylation is 1. The van der Waals surface area contributed by atoms with Crippen molar-refractivity contribution in [3.63, 3.8) is 0 Å². The first-order valence-corrected chi connectivity index (χ1v) is 7.66. The SMILES string of the molecule is Cc1ccccc1N(CCC(=O)O)S(=O)(=O)c1cn[nH]c1. The highest BCUT2D eigenvalue weighted by atomic mass is 32.2. The highest BCUT2D eigenvalue weighted by Crippen LogP contribution is 2.26. The van der Waals surface area contributed by atoms with E-state index in [0.29, 0.717) is 5.69 Å². The lowest BCUT2D eigenvalue weighted by atomic mass is 10.2. The standard InChI is InChI=1S/C13H15N3O4S/c1-10-4-2-3-5-12(10)16(7-6-13(17)18)21(19,20)11-8-14-15-9-11/h2-5,8-9H,6-7H2,1H3,(H,14,15)(H,17,18). The third-order valence-corrected chi connectivity index (χ3v) is 4.75. The lowest BCUT2D eigenvalue weighted by Gasteiger charge is -2.24. The van der Waals surface area contributed by atoms with Crippen LogP contribution in [0.5, 0.6) is 0 Å². The van der Waals surface area contributed by atoms with Gasteiger partial charge in [-0.15, -0.1) is 0 Å². The van der Waals surface area contributed by atoms with Crippen LogP contribution in [0.15, 0.2) is 41.6 Å². The van der Waals surface area contributed by atoms with Crippen LogP contribution in [0.4, 0.5) is 5.69 Å². The summed E-state index contributed by atoms with van der Waals surface area (Å²) in [4.78, 5) is 10.8. The van der Waals surface area contributed by atoms with Crippen LogP contribution in [0.1, 0.15) is 12.0 Å². The fraction of sp³-hybridized carbons (Fsp3) is 0.231. The molecular formula is C13H15N3O4S. The second kappa shape index (κ2) is 5.96. The number of H-pyrrole nitrogens is 1. The average Bonchev–Trinajstić information content (AvgIpc) is 2.95. The van der Waals surface area contributed by atoms with Crippen molar-refractivity contribution in [2.24, 2.45) is 0 Å². The van der Waals surface area contributed by atoms with Crippen molar-refractivity contribution in [2.45, 2.75) is 18.2 Å². The summed E-state index contributed by atoms with van der Waals surface area (Å²) < 4.78 is 26.4. The topological polar surface area (TPSA) is 103 Å². The van der Waals surface area contributed by atoms with Gasteiger partial charge in [-0.3, -0.25) is 14.2 Å². The van der Waals surface area contributed by atoms with E-state index in [0.717, 1.165) is 9.87 Å². The quantitative estimate of drug-likeness (QED) is 0.839. The summed E-state index contributed by atoms with van der Waals surface area (Å²) in [6, 6.07) is 6.92. The lowest BCUT2D eigenvalue weighted by molar-refractivity contribution is -0.136. The summed E-state index contributed by atoms with van der Waals surface area (Å²) in [6.45, 7) is 1.63. The van der Waals surface area contributed by atoms with Crippen molar-refractivity contribution in [3.05, 3.63) is 42.2 Å². The summed E-state index contributed by atoms with van der Waals surface area (Å²) in [7, 11) is -3.85. The summed E-state index contributed by atoms with van der Waals surface area (Å²) in [5.74, 6) is -1.06. The minimum absolute atomic E-state index is 0.00357. The molecule has 0 unspecified atom stereocenters. The largest absolute Gasteiger partial charge is 0.481 e. The van der Waals surface area contributed by atoms with Crippen LogP contribution in [0.2, 0.25) is 0 Å². The zero-order valence-electron chi connectivity index (χ0n) is 11.4. The van der Waals surface area contributed by atoms with E-state index >= 15 is 0 Å². The Hall–Kier alpha value is -2.35. The molecule has 0 amide bonds. The number of hydrogen-bond donors (Lipinski definition) is 2. The van der Waals surface area contributed by atoms with E-state index in [-0.39, 0.29) is 17.9 Å². The molecule has 1 aromatic heterocycles. The number of sulfonamides is 1. The fourth-order valence-corrected chi connectivity index (χ4v) is 3.36. The predicted octanol–water partition coefficient (Wildman–Crippen LogP) is 1.39. The second-order valence-electron chi connectivity index (χ2n) is 4.44. The van der Waals surface area contributed by atoms with Crippen molar-refractivity contribution in [3.8, 4) is 0 Å². The van der Waals surface area contributed by atoms with Gasteiger partial charge in [-0.05, 0) is 18.6 Å². The van der Waals surface area contributed by atoms with Gasteiger partial charge in [0, 0.05) is 12.7 Å². The molecule has 0 aliphatic carbocycles. The van der Waals surface area contributed by atoms with Gasteiger partial charge in [-0.2, -0.15) is 5.10 Å². The summed E-state index contributed by atoms with van der Waals surface area (Å²) >= 11 is 0. The van der Waals surface area contributed by atoms with Crippen LogP contribution in [0, 0.1) is 6.92 Å². The highest BCUT2D eigenvalue weighted by Gasteiger charge is 2.27. The molecule has 0 saturated carbocycles. The van der Waals surface area contributed by atoms with Crippen molar-refractivity contribution < 1.29 is 18.3 Å². The van der Waals surface area contributed by atoms with E-state index in [4.69, 9.17) is 5.11 Å². The molecule has 0 bridgehead atoms. The van der Waals surface area contributed by atoms with Gasteiger partial charge in [0.15, 0.2) is 0 Å². The number of rotatable bonds is 6. The minimum atomic E-state index is -3.85. The lowest BCUT2D eigenvalue weighted by Crippen LogP contribution is -2.33. The Bertz CT molecular complexity index is 726. The van der Waals surface area contributed by atoms with E-state index in [1.807, 2.05) is 0 Å². The minimum Gasteiger partial charge on any atom is -0.481 e. The first kappa shape index (κ1) is 15.0. The van der Waals surface area contributed by atoms with Gasteiger partial charge >= 0.3 is 5.97 Å². The molecule has 0 aliphatic rings. The number of carboxylic acid groups (broad SMARTS) is 1. The molecule has 1 heterocycles. The number of carboxylic acids is 1. The van der Waals surface area contributed by atoms with Crippen molar-refractivity contribution in [1.82, 2.24) is 10.2 Å². The summed E-state index contributed by atoms with van der Waals surface area (Å²) in [5.41, 5.74) is 1.20. The number of benzene rings is 1. The number of anilines is 1. The molecular weight excluding hydrogens is 294 g/mol. The Morgan fingerprint density at radius 3 is 2.67 bits per heavy atom. The van der Waals surface area contributed by atoms with E-state index in [2.05, 4.69) is 10.2 Å². The Kier molecular flexibility index (Phi) is 4.27. The average molecular weight is 309 g/mol. The second-order valence-corrected chi connectivity index (χ2v) is 6.30. The number of aliphatic carboxylic acids is 1. The van der Waals surface area contributed by atoms with Crippen LogP contribution in [0.3, 0.4) is 0 Å². The first-order valence-electron chi connectivity index (χ1n) is 6.22. The predicted molar refractivity (Wildman–Crippen MR) is 76.6 cm³/mol. The van der Waals surface area contributed by atoms with E-state index in [9.17, 15) is 13.2 Å². The fourth-order valence-electron chi connectivity index (χ4n) is 1.92. The number of aromatic nitrogens is 2. The number of hydrogen-bond acceptors (Lipinski definition) is 4. The normalized spacial score (nSPS) is 11.3. The number of nitrogens with one attached hydrogen (secondary N) is 1. The zero-order chi connectivity index (χ0) is 15.5. The molecule has 21 heavy (non-hydrogen) atoms. The molecule has 7 nitrogen and oxygen atoms in total. The monoisotopic (exact) mass is 309 g/mol. The molecule has 8 heteroatoms. The molecule has 2 N–H and O–H groups in total. The van der Waals surface area contributed by atoms with E-state index < -0.39 is 16.0 Å². The molecule has 0 aliphatic heterocycles. The molecule has 0 atom stereocenters. The van der Waals surface area contributed by atoms with Gasteiger partial charge in [0.25, 0.3) is 10.0 Å². The van der Waals surface area contributed by atoms with Crippen molar-refractivity contribution in [2.75, 3.05) is 10.8 Å². The number of para-hydroxylation sites is 1. The highest BCUT2D eigenvalue weighted by molar-refractivity contribution is 7.92. The van der Waals surface area contributed by atoms with Crippen LogP contribution in [-0.4, -0.2) is 36.2 Å². The molecule has 0 saturated heterocycles. The smallest absolute Gasteiger partial charge is 0.305 e. The third-order valence-electron chi connectivity index (χ3n) is 2.97. The summed E-state index contributed by atoms with van der Waals surface area (Å²) in [6.07, 6.45) is 2.17. The van der Waals surface area contributed by atoms with Crippen molar-refractivity contribution >= 4 is 21.7 Å². The zero-order valence-corrected chi connectivity index (χ0v) is 12.2. The number of nitrogens with zero attached hydrogens (tertiary/aromatic N) is 2. The van der Waals surface area contributed by atoms with E-state index in [1.54, 1.807) is 31.2 Å². The maximum atomic E-state index is 12.6. The number of carbonyl (C=O) groups is 1. The van der Waals surface area contributed by atoms with Crippen molar-refractivity contribution in [1.29, 1.82) is 0 Å². The van der Waals surface area contributed by atoms with E-state index in [1.165, 1.54) is 12.4 Å². The van der Waals surface area contributed by atoms with Crippen LogP contribution < -0.4 is 4.31 Å². The van der Waals surface area contributed by atoms with Crippen LogP contribution in [0.25, 0.3) is 0 Å². The molecule has 2 aromatic rings. The van der Waals surface area contributed by atoms with Gasteiger partial charge in [0.2, 0.25) is 0 Å².